The van der Waals surface area contributed by atoms with Crippen LogP contribution in [0.25, 0.3) is 0 Å². The number of rotatable bonds is 6. The summed E-state index contributed by atoms with van der Waals surface area (Å²) in [4.78, 5) is 8.10. The van der Waals surface area contributed by atoms with Crippen LogP contribution in [-0.2, 0) is 0 Å². The van der Waals surface area contributed by atoms with Crippen molar-refractivity contribution < 1.29 is 23.0 Å². The Morgan fingerprint density at radius 1 is 1.22 bits per heavy atom. The third-order valence-electron chi connectivity index (χ3n) is 3.14. The van der Waals surface area contributed by atoms with Crippen LogP contribution in [0.2, 0.25) is 0 Å². The van der Waals surface area contributed by atoms with E-state index in [1.54, 1.807) is 18.6 Å². The highest BCUT2D eigenvalue weighted by Gasteiger charge is 2.31. The van der Waals surface area contributed by atoms with Gasteiger partial charge in [-0.05, 0) is 24.6 Å². The van der Waals surface area contributed by atoms with Gasteiger partial charge in [0.25, 0.3) is 0 Å². The van der Waals surface area contributed by atoms with Gasteiger partial charge in [-0.1, -0.05) is 12.1 Å². The molecule has 0 bridgehead atoms. The minimum atomic E-state index is -4.73. The number of alkyl halides is 3. The van der Waals surface area contributed by atoms with Gasteiger partial charge >= 0.3 is 6.36 Å². The van der Waals surface area contributed by atoms with E-state index in [9.17, 15) is 18.3 Å². The molecule has 0 amide bonds. The Morgan fingerprint density at radius 3 is 2.48 bits per heavy atom. The molecule has 0 aliphatic carbocycles. The Hall–Kier alpha value is -2.19. The molecule has 8 heteroatoms. The fraction of sp³-hybridized carbons (Fsp3) is 0.333. The van der Waals surface area contributed by atoms with Crippen LogP contribution in [-0.4, -0.2) is 28.0 Å². The highest BCUT2D eigenvalue weighted by atomic mass is 19.4. The first kappa shape index (κ1) is 17.2. The van der Waals surface area contributed by atoms with E-state index in [2.05, 4.69) is 20.0 Å². The molecule has 1 aromatic heterocycles. The first-order chi connectivity index (χ1) is 10.8. The van der Waals surface area contributed by atoms with E-state index in [0.29, 0.717) is 5.56 Å². The van der Waals surface area contributed by atoms with E-state index in [4.69, 9.17) is 0 Å². The molecule has 0 unspecified atom stereocenters. The van der Waals surface area contributed by atoms with E-state index in [0.717, 1.165) is 17.8 Å². The number of hydrogen-bond acceptors (Lipinski definition) is 5. The SMILES string of the molecule is C[C@H](NC[C@H](O)c1ccc(OC(F)(F)F)cc1)c1cnccn1. The van der Waals surface area contributed by atoms with Gasteiger partial charge in [0, 0.05) is 31.2 Å². The van der Waals surface area contributed by atoms with Crippen molar-refractivity contribution in [2.24, 2.45) is 0 Å². The van der Waals surface area contributed by atoms with Crippen molar-refractivity contribution >= 4 is 0 Å². The zero-order valence-corrected chi connectivity index (χ0v) is 12.3. The lowest BCUT2D eigenvalue weighted by Crippen LogP contribution is -2.25. The third kappa shape index (κ3) is 5.50. The van der Waals surface area contributed by atoms with Gasteiger partial charge in [0.15, 0.2) is 0 Å². The largest absolute Gasteiger partial charge is 0.573 e. The van der Waals surface area contributed by atoms with Crippen LogP contribution in [0.3, 0.4) is 0 Å². The van der Waals surface area contributed by atoms with Crippen LogP contribution >= 0.6 is 0 Å². The first-order valence-corrected chi connectivity index (χ1v) is 6.88. The molecule has 0 spiro atoms. The summed E-state index contributed by atoms with van der Waals surface area (Å²) >= 11 is 0. The maximum atomic E-state index is 12.1. The quantitative estimate of drug-likeness (QED) is 0.854. The molecule has 5 nitrogen and oxygen atoms in total. The average Bonchev–Trinajstić information content (AvgIpc) is 2.52. The molecule has 0 saturated carbocycles. The van der Waals surface area contributed by atoms with Gasteiger partial charge < -0.3 is 15.2 Å². The molecule has 0 aliphatic rings. The fourth-order valence-corrected chi connectivity index (χ4v) is 1.94. The predicted octanol–water partition coefficient (Wildman–Crippen LogP) is 2.76. The Balaban J connectivity index is 1.89. The highest BCUT2D eigenvalue weighted by molar-refractivity contribution is 5.28. The van der Waals surface area contributed by atoms with E-state index in [1.165, 1.54) is 12.1 Å². The summed E-state index contributed by atoms with van der Waals surface area (Å²) < 4.78 is 40.0. The summed E-state index contributed by atoms with van der Waals surface area (Å²) in [5.74, 6) is -0.325. The summed E-state index contributed by atoms with van der Waals surface area (Å²) in [7, 11) is 0. The maximum absolute atomic E-state index is 12.1. The zero-order chi connectivity index (χ0) is 16.9. The fourth-order valence-electron chi connectivity index (χ4n) is 1.94. The molecule has 2 N–H and O–H groups in total. The second-order valence-electron chi connectivity index (χ2n) is 4.89. The minimum absolute atomic E-state index is 0.119. The van der Waals surface area contributed by atoms with Crippen molar-refractivity contribution in [2.75, 3.05) is 6.54 Å². The zero-order valence-electron chi connectivity index (χ0n) is 12.3. The molecule has 1 heterocycles. The lowest BCUT2D eigenvalue weighted by Gasteiger charge is -2.17. The second kappa shape index (κ2) is 7.38. The Labute approximate surface area is 131 Å². The summed E-state index contributed by atoms with van der Waals surface area (Å²) in [5.41, 5.74) is 1.21. The number of aromatic nitrogens is 2. The monoisotopic (exact) mass is 327 g/mol. The molecule has 2 aromatic rings. The smallest absolute Gasteiger partial charge is 0.406 e. The summed E-state index contributed by atoms with van der Waals surface area (Å²) in [6.45, 7) is 2.09. The number of aliphatic hydroxyl groups is 1. The van der Waals surface area contributed by atoms with Gasteiger partial charge in [0.1, 0.15) is 5.75 Å². The molecule has 0 saturated heterocycles. The second-order valence-corrected chi connectivity index (χ2v) is 4.89. The average molecular weight is 327 g/mol. The topological polar surface area (TPSA) is 67.3 Å². The lowest BCUT2D eigenvalue weighted by atomic mass is 10.1. The number of ether oxygens (including phenoxy) is 1. The number of halogens is 3. The van der Waals surface area contributed by atoms with Gasteiger partial charge in [-0.25, -0.2) is 0 Å². The number of nitrogens with one attached hydrogen (secondary N) is 1. The summed E-state index contributed by atoms with van der Waals surface area (Å²) in [6.07, 6.45) is -0.839. The molecule has 124 valence electrons. The van der Waals surface area contributed by atoms with E-state index < -0.39 is 12.5 Å². The molecule has 1 aromatic carbocycles. The van der Waals surface area contributed by atoms with Gasteiger partial charge in [0.2, 0.25) is 0 Å². The number of aliphatic hydroxyl groups excluding tert-OH is 1. The van der Waals surface area contributed by atoms with Gasteiger partial charge in [0.05, 0.1) is 11.8 Å². The van der Waals surface area contributed by atoms with Crippen LogP contribution < -0.4 is 10.1 Å². The van der Waals surface area contributed by atoms with Gasteiger partial charge in [-0.15, -0.1) is 13.2 Å². The van der Waals surface area contributed by atoms with Crippen molar-refractivity contribution in [1.82, 2.24) is 15.3 Å². The molecule has 0 aliphatic heterocycles. The standard InChI is InChI=1S/C15H16F3N3O2/c1-10(13-8-19-6-7-20-13)21-9-14(22)11-2-4-12(5-3-11)23-15(16,17)18/h2-8,10,14,21-22H,9H2,1H3/t10-,14-/m0/s1. The lowest BCUT2D eigenvalue weighted by molar-refractivity contribution is -0.274. The van der Waals surface area contributed by atoms with Crippen LogP contribution in [0.4, 0.5) is 13.2 Å². The molecule has 2 atom stereocenters. The first-order valence-electron chi connectivity index (χ1n) is 6.88. The van der Waals surface area contributed by atoms with Crippen molar-refractivity contribution in [2.45, 2.75) is 25.4 Å². The van der Waals surface area contributed by atoms with Gasteiger partial charge in [-0.3, -0.25) is 9.97 Å². The molecule has 0 radical (unpaired) electrons. The van der Waals surface area contributed by atoms with Crippen LogP contribution in [0.1, 0.15) is 30.3 Å². The molecular formula is C15H16F3N3O2. The van der Waals surface area contributed by atoms with Crippen molar-refractivity contribution in [1.29, 1.82) is 0 Å². The van der Waals surface area contributed by atoms with E-state index in [1.807, 2.05) is 6.92 Å². The molecular weight excluding hydrogens is 311 g/mol. The number of hydrogen-bond donors (Lipinski definition) is 2. The Bertz CT molecular complexity index is 606. The predicted molar refractivity (Wildman–Crippen MR) is 76.5 cm³/mol. The maximum Gasteiger partial charge on any atom is 0.573 e. The third-order valence-corrected chi connectivity index (χ3v) is 3.14. The Morgan fingerprint density at radius 2 is 1.91 bits per heavy atom. The van der Waals surface area contributed by atoms with Crippen LogP contribution in [0, 0.1) is 0 Å². The minimum Gasteiger partial charge on any atom is -0.406 e. The summed E-state index contributed by atoms with van der Waals surface area (Å²) in [5, 5.41) is 13.2. The number of benzene rings is 1. The van der Waals surface area contributed by atoms with E-state index >= 15 is 0 Å². The molecule has 0 fully saturated rings. The van der Waals surface area contributed by atoms with Crippen molar-refractivity contribution in [3.63, 3.8) is 0 Å². The van der Waals surface area contributed by atoms with Crippen molar-refractivity contribution in [3.05, 3.63) is 54.1 Å². The normalized spacial score (nSPS) is 14.3. The summed E-state index contributed by atoms with van der Waals surface area (Å²) in [6, 6.07) is 4.99. The highest BCUT2D eigenvalue weighted by Crippen LogP contribution is 2.24. The van der Waals surface area contributed by atoms with E-state index in [-0.39, 0.29) is 18.3 Å². The Kier molecular flexibility index (Phi) is 5.51. The van der Waals surface area contributed by atoms with Crippen LogP contribution in [0.5, 0.6) is 5.75 Å². The number of nitrogens with zero attached hydrogens (tertiary/aromatic N) is 2. The van der Waals surface area contributed by atoms with Gasteiger partial charge in [-0.2, -0.15) is 0 Å². The van der Waals surface area contributed by atoms with Crippen molar-refractivity contribution in [3.8, 4) is 5.75 Å². The molecule has 23 heavy (non-hydrogen) atoms. The molecule has 2 rings (SSSR count). The van der Waals surface area contributed by atoms with Crippen LogP contribution in [0.15, 0.2) is 42.9 Å².